The number of ether oxygens (including phenoxy) is 1. The molecule has 0 bridgehead atoms. The minimum absolute atomic E-state index is 0.178. The molecule has 0 aliphatic rings. The molecule has 21 heavy (non-hydrogen) atoms. The van der Waals surface area contributed by atoms with Crippen molar-refractivity contribution in [3.63, 3.8) is 0 Å². The van der Waals surface area contributed by atoms with E-state index >= 15 is 0 Å². The second-order valence-corrected chi connectivity index (χ2v) is 5.04. The van der Waals surface area contributed by atoms with Crippen molar-refractivity contribution in [3.05, 3.63) is 47.3 Å². The molecular weight excluding hydrogens is 268 g/mol. The average molecular weight is 286 g/mol. The molecule has 1 heterocycles. The highest BCUT2D eigenvalue weighted by atomic mass is 16.5. The summed E-state index contributed by atoms with van der Waals surface area (Å²) in [4.78, 5) is 23.0. The maximum absolute atomic E-state index is 11.9. The number of rotatable bonds is 4. The summed E-state index contributed by atoms with van der Waals surface area (Å²) in [5.74, 6) is -0.680. The first-order valence-electron chi connectivity index (χ1n) is 6.73. The molecule has 0 spiro atoms. The predicted octanol–water partition coefficient (Wildman–Crippen LogP) is 2.62. The van der Waals surface area contributed by atoms with E-state index in [1.165, 1.54) is 6.92 Å². The molecule has 0 amide bonds. The third-order valence-electron chi connectivity index (χ3n) is 3.21. The van der Waals surface area contributed by atoms with E-state index in [1.54, 1.807) is 31.2 Å². The van der Waals surface area contributed by atoms with Crippen LogP contribution in [-0.4, -0.2) is 27.6 Å². The maximum atomic E-state index is 11.9. The van der Waals surface area contributed by atoms with Crippen molar-refractivity contribution in [2.75, 3.05) is 0 Å². The number of hydrogen-bond acceptors (Lipinski definition) is 4. The number of hydrogen-bond donors (Lipinski definition) is 0. The fraction of sp³-hybridized carbons (Fsp3) is 0.312. The van der Waals surface area contributed by atoms with Gasteiger partial charge in [0.15, 0.2) is 11.9 Å². The zero-order chi connectivity index (χ0) is 15.6. The van der Waals surface area contributed by atoms with Crippen molar-refractivity contribution in [2.45, 2.75) is 33.8 Å². The van der Waals surface area contributed by atoms with Gasteiger partial charge in [-0.05, 0) is 58.0 Å². The third-order valence-corrected chi connectivity index (χ3v) is 3.21. The fourth-order valence-electron chi connectivity index (χ4n) is 1.94. The van der Waals surface area contributed by atoms with Gasteiger partial charge in [-0.3, -0.25) is 4.79 Å². The van der Waals surface area contributed by atoms with Crippen molar-refractivity contribution in [2.24, 2.45) is 0 Å². The normalized spacial score (nSPS) is 12.0. The van der Waals surface area contributed by atoms with Gasteiger partial charge in [-0.15, -0.1) is 0 Å². The van der Waals surface area contributed by atoms with Gasteiger partial charge in [0.25, 0.3) is 0 Å². The van der Waals surface area contributed by atoms with Gasteiger partial charge < -0.3 is 4.74 Å². The van der Waals surface area contributed by atoms with Crippen molar-refractivity contribution in [1.82, 2.24) is 9.78 Å². The molecule has 0 saturated heterocycles. The molecule has 0 aliphatic heterocycles. The number of carbonyl (C=O) groups is 2. The Labute approximate surface area is 123 Å². The van der Waals surface area contributed by atoms with Crippen LogP contribution >= 0.6 is 0 Å². The van der Waals surface area contributed by atoms with E-state index in [4.69, 9.17) is 4.74 Å². The lowest BCUT2D eigenvalue weighted by molar-refractivity contribution is -0.124. The van der Waals surface area contributed by atoms with Crippen LogP contribution < -0.4 is 0 Å². The molecule has 0 radical (unpaired) electrons. The highest BCUT2D eigenvalue weighted by Crippen LogP contribution is 2.14. The zero-order valence-electron chi connectivity index (χ0n) is 12.6. The van der Waals surface area contributed by atoms with Crippen LogP contribution in [0.25, 0.3) is 5.69 Å². The number of nitrogens with zero attached hydrogens (tertiary/aromatic N) is 2. The van der Waals surface area contributed by atoms with Gasteiger partial charge in [0.2, 0.25) is 0 Å². The number of esters is 1. The molecule has 0 fully saturated rings. The quantitative estimate of drug-likeness (QED) is 0.811. The second-order valence-electron chi connectivity index (χ2n) is 5.04. The summed E-state index contributed by atoms with van der Waals surface area (Å²) in [7, 11) is 0. The lowest BCUT2D eigenvalue weighted by Gasteiger charge is -2.10. The summed E-state index contributed by atoms with van der Waals surface area (Å²) in [6.07, 6.45) is -0.729. The van der Waals surface area contributed by atoms with Crippen LogP contribution in [0.3, 0.4) is 0 Å². The molecule has 5 heteroatoms. The van der Waals surface area contributed by atoms with E-state index in [1.807, 2.05) is 24.6 Å². The van der Waals surface area contributed by atoms with E-state index in [-0.39, 0.29) is 5.78 Å². The van der Waals surface area contributed by atoms with Gasteiger partial charge in [-0.1, -0.05) is 0 Å². The number of carbonyl (C=O) groups excluding carboxylic acids is 2. The van der Waals surface area contributed by atoms with Crippen LogP contribution in [0.2, 0.25) is 0 Å². The van der Waals surface area contributed by atoms with Crippen LogP contribution in [0.1, 0.15) is 35.6 Å². The summed E-state index contributed by atoms with van der Waals surface area (Å²) in [6.45, 7) is 6.85. The van der Waals surface area contributed by atoms with Crippen molar-refractivity contribution < 1.29 is 14.3 Å². The monoisotopic (exact) mass is 286 g/mol. The Morgan fingerprint density at radius 3 is 2.29 bits per heavy atom. The molecule has 2 aromatic rings. The molecule has 5 nitrogen and oxygen atoms in total. The smallest absolute Gasteiger partial charge is 0.338 e. The van der Waals surface area contributed by atoms with Crippen LogP contribution in [0, 0.1) is 13.8 Å². The third kappa shape index (κ3) is 3.37. The summed E-state index contributed by atoms with van der Waals surface area (Å²) >= 11 is 0. The molecule has 110 valence electrons. The van der Waals surface area contributed by atoms with E-state index in [0.717, 1.165) is 17.1 Å². The van der Waals surface area contributed by atoms with Crippen molar-refractivity contribution >= 4 is 11.8 Å². The van der Waals surface area contributed by atoms with Gasteiger partial charge in [0.1, 0.15) is 0 Å². The number of Topliss-reactive ketones (excluding diaryl/α,β-unsaturated/α-hetero) is 1. The standard InChI is InChI=1S/C16H18N2O3/c1-10-9-11(2)18(17-10)15-7-5-14(6-8-15)16(20)21-13(4)12(3)19/h5-9,13H,1-4H3/t13-/m1/s1. The predicted molar refractivity (Wildman–Crippen MR) is 78.6 cm³/mol. The van der Waals surface area contributed by atoms with Gasteiger partial charge in [-0.25, -0.2) is 9.48 Å². The van der Waals surface area contributed by atoms with Gasteiger partial charge in [0, 0.05) is 5.69 Å². The largest absolute Gasteiger partial charge is 0.451 e. The minimum atomic E-state index is -0.729. The van der Waals surface area contributed by atoms with Gasteiger partial charge >= 0.3 is 5.97 Å². The minimum Gasteiger partial charge on any atom is -0.451 e. The molecule has 0 N–H and O–H groups in total. The van der Waals surface area contributed by atoms with Crippen LogP contribution in [0.15, 0.2) is 30.3 Å². The first-order chi connectivity index (χ1) is 9.88. The number of aromatic nitrogens is 2. The molecule has 1 atom stereocenters. The second kappa shape index (κ2) is 5.91. The Bertz CT molecular complexity index is 671. The Hall–Kier alpha value is -2.43. The summed E-state index contributed by atoms with van der Waals surface area (Å²) in [6, 6.07) is 8.92. The summed E-state index contributed by atoms with van der Waals surface area (Å²) in [5.41, 5.74) is 3.24. The highest BCUT2D eigenvalue weighted by Gasteiger charge is 2.15. The molecule has 1 aromatic heterocycles. The van der Waals surface area contributed by atoms with Crippen molar-refractivity contribution in [3.8, 4) is 5.69 Å². The van der Waals surface area contributed by atoms with E-state index < -0.39 is 12.1 Å². The molecule has 0 aliphatic carbocycles. The first kappa shape index (κ1) is 15.0. The number of benzene rings is 1. The van der Waals surface area contributed by atoms with Crippen LogP contribution in [0.4, 0.5) is 0 Å². The topological polar surface area (TPSA) is 61.2 Å². The van der Waals surface area contributed by atoms with Gasteiger partial charge in [0.05, 0.1) is 16.9 Å². The Morgan fingerprint density at radius 2 is 1.81 bits per heavy atom. The molecule has 2 rings (SSSR count). The van der Waals surface area contributed by atoms with Crippen LogP contribution in [-0.2, 0) is 9.53 Å². The van der Waals surface area contributed by atoms with Crippen LogP contribution in [0.5, 0.6) is 0 Å². The molecule has 0 unspecified atom stereocenters. The zero-order valence-corrected chi connectivity index (χ0v) is 12.6. The first-order valence-corrected chi connectivity index (χ1v) is 6.73. The Kier molecular flexibility index (Phi) is 4.21. The molecule has 1 aromatic carbocycles. The number of aryl methyl sites for hydroxylation is 2. The van der Waals surface area contributed by atoms with E-state index in [2.05, 4.69) is 5.10 Å². The van der Waals surface area contributed by atoms with Gasteiger partial charge in [-0.2, -0.15) is 5.10 Å². The maximum Gasteiger partial charge on any atom is 0.338 e. The summed E-state index contributed by atoms with van der Waals surface area (Å²) in [5, 5.41) is 4.38. The SMILES string of the molecule is CC(=O)[C@@H](C)OC(=O)c1ccc(-n2nc(C)cc2C)cc1. The average Bonchev–Trinajstić information content (AvgIpc) is 2.77. The Balaban J connectivity index is 2.17. The van der Waals surface area contributed by atoms with E-state index in [9.17, 15) is 9.59 Å². The lowest BCUT2D eigenvalue weighted by atomic mass is 10.2. The molecular formula is C16H18N2O3. The van der Waals surface area contributed by atoms with E-state index in [0.29, 0.717) is 5.56 Å². The fourth-order valence-corrected chi connectivity index (χ4v) is 1.94. The summed E-state index contributed by atoms with van der Waals surface area (Å²) < 4.78 is 6.87. The number of ketones is 1. The Morgan fingerprint density at radius 1 is 1.19 bits per heavy atom. The van der Waals surface area contributed by atoms with Crippen molar-refractivity contribution in [1.29, 1.82) is 0 Å². The molecule has 0 saturated carbocycles. The lowest BCUT2D eigenvalue weighted by Crippen LogP contribution is -2.21. The highest BCUT2D eigenvalue weighted by molar-refractivity contribution is 5.92.